The Labute approximate surface area is 139 Å². The van der Waals surface area contributed by atoms with Gasteiger partial charge in [0.1, 0.15) is 11.6 Å². The molecule has 3 aliphatic rings. The Bertz CT molecular complexity index is 547. The quantitative estimate of drug-likeness (QED) is 0.868. The lowest BCUT2D eigenvalue weighted by Crippen LogP contribution is -2.47. The molecule has 2 fully saturated rings. The molecule has 1 saturated carbocycles. The lowest BCUT2D eigenvalue weighted by molar-refractivity contribution is 0.141. The number of aromatic nitrogens is 2. The van der Waals surface area contributed by atoms with E-state index in [0.717, 1.165) is 37.6 Å². The topological polar surface area (TPSA) is 44.3 Å². The zero-order valence-electron chi connectivity index (χ0n) is 14.4. The van der Waals surface area contributed by atoms with E-state index < -0.39 is 0 Å². The first kappa shape index (κ1) is 15.3. The molecule has 0 unspecified atom stereocenters. The minimum atomic E-state index is 0.642. The van der Waals surface area contributed by atoms with Crippen LogP contribution in [0.15, 0.2) is 0 Å². The van der Waals surface area contributed by atoms with Crippen LogP contribution in [-0.2, 0) is 12.8 Å². The van der Waals surface area contributed by atoms with Crippen molar-refractivity contribution >= 4 is 5.82 Å². The van der Waals surface area contributed by atoms with Crippen LogP contribution in [0.3, 0.4) is 0 Å². The molecule has 126 valence electrons. The van der Waals surface area contributed by atoms with Crippen molar-refractivity contribution in [3.63, 3.8) is 0 Å². The third kappa shape index (κ3) is 3.50. The van der Waals surface area contributed by atoms with Gasteiger partial charge in [-0.1, -0.05) is 6.92 Å². The summed E-state index contributed by atoms with van der Waals surface area (Å²) >= 11 is 0. The summed E-state index contributed by atoms with van der Waals surface area (Å²) in [5.74, 6) is 2.88. The Morgan fingerprint density at radius 3 is 2.57 bits per heavy atom. The first-order valence-electron chi connectivity index (χ1n) is 9.41. The third-order valence-electron chi connectivity index (χ3n) is 5.53. The molecule has 0 bridgehead atoms. The van der Waals surface area contributed by atoms with Crippen molar-refractivity contribution in [2.24, 2.45) is 0 Å². The van der Waals surface area contributed by atoms with E-state index >= 15 is 0 Å². The van der Waals surface area contributed by atoms with Gasteiger partial charge in [0.15, 0.2) is 0 Å². The van der Waals surface area contributed by atoms with Crippen LogP contribution >= 0.6 is 0 Å². The molecule has 1 aromatic rings. The smallest absolute Gasteiger partial charge is 0.134 e. The maximum Gasteiger partial charge on any atom is 0.134 e. The second-order valence-corrected chi connectivity index (χ2v) is 7.19. The van der Waals surface area contributed by atoms with E-state index in [1.807, 2.05) is 0 Å². The molecule has 0 spiro atoms. The van der Waals surface area contributed by atoms with E-state index in [1.54, 1.807) is 0 Å². The van der Waals surface area contributed by atoms with Crippen LogP contribution in [0, 0.1) is 0 Å². The van der Waals surface area contributed by atoms with Gasteiger partial charge in [-0.25, -0.2) is 9.97 Å². The van der Waals surface area contributed by atoms with Gasteiger partial charge in [0.25, 0.3) is 0 Å². The van der Waals surface area contributed by atoms with Crippen molar-refractivity contribution in [3.05, 3.63) is 17.1 Å². The molecule has 0 atom stereocenters. The molecule has 1 saturated heterocycles. The summed E-state index contributed by atoms with van der Waals surface area (Å²) in [4.78, 5) is 14.8. The Morgan fingerprint density at radius 2 is 1.83 bits per heavy atom. The van der Waals surface area contributed by atoms with E-state index in [2.05, 4.69) is 22.0 Å². The Balaban J connectivity index is 1.34. The zero-order valence-corrected chi connectivity index (χ0v) is 14.4. The molecule has 5 heteroatoms. The van der Waals surface area contributed by atoms with Gasteiger partial charge in [0.05, 0.1) is 0 Å². The number of hydrogen-bond donors (Lipinski definition) is 1. The summed E-state index contributed by atoms with van der Waals surface area (Å²) in [6.45, 7) is 10.4. The van der Waals surface area contributed by atoms with Crippen LogP contribution in [-0.4, -0.2) is 65.6 Å². The van der Waals surface area contributed by atoms with Crippen molar-refractivity contribution in [1.82, 2.24) is 19.8 Å². The summed E-state index contributed by atoms with van der Waals surface area (Å²) in [6, 6.07) is 0. The largest absolute Gasteiger partial charge is 0.368 e. The number of likely N-dealkylation sites (N-methyl/N-ethyl adjacent to an activating group) is 1. The first-order valence-corrected chi connectivity index (χ1v) is 9.41. The average Bonchev–Trinajstić information content (AvgIpc) is 3.33. The van der Waals surface area contributed by atoms with Gasteiger partial charge in [-0.2, -0.15) is 0 Å². The molecule has 1 aromatic heterocycles. The van der Waals surface area contributed by atoms with E-state index in [9.17, 15) is 0 Å². The fraction of sp³-hybridized carbons (Fsp3) is 0.778. The van der Waals surface area contributed by atoms with Gasteiger partial charge in [0, 0.05) is 56.4 Å². The fourth-order valence-electron chi connectivity index (χ4n) is 3.78. The predicted molar refractivity (Wildman–Crippen MR) is 93.1 cm³/mol. The maximum absolute atomic E-state index is 4.87. The highest BCUT2D eigenvalue weighted by Crippen LogP contribution is 2.40. The van der Waals surface area contributed by atoms with Crippen LogP contribution in [0.25, 0.3) is 0 Å². The lowest BCUT2D eigenvalue weighted by Gasteiger charge is -2.34. The molecule has 1 aliphatic heterocycles. The number of piperazine rings is 1. The third-order valence-corrected chi connectivity index (χ3v) is 5.53. The number of nitrogens with zero attached hydrogens (tertiary/aromatic N) is 4. The van der Waals surface area contributed by atoms with Crippen molar-refractivity contribution in [2.45, 2.75) is 44.9 Å². The Hall–Kier alpha value is -1.20. The molecular weight excluding hydrogens is 286 g/mol. The highest BCUT2D eigenvalue weighted by atomic mass is 15.3. The molecule has 23 heavy (non-hydrogen) atoms. The second kappa shape index (κ2) is 6.73. The van der Waals surface area contributed by atoms with Crippen LogP contribution < -0.4 is 5.32 Å². The maximum atomic E-state index is 4.87. The summed E-state index contributed by atoms with van der Waals surface area (Å²) in [5.41, 5.74) is 2.71. The Kier molecular flexibility index (Phi) is 4.49. The van der Waals surface area contributed by atoms with Gasteiger partial charge in [-0.15, -0.1) is 0 Å². The van der Waals surface area contributed by atoms with Crippen LogP contribution in [0.5, 0.6) is 0 Å². The minimum absolute atomic E-state index is 0.642. The predicted octanol–water partition coefficient (Wildman–Crippen LogP) is 1.89. The molecule has 4 rings (SSSR count). The first-order chi connectivity index (χ1) is 11.3. The highest BCUT2D eigenvalue weighted by molar-refractivity contribution is 5.49. The number of aryl methyl sites for hydroxylation is 1. The monoisotopic (exact) mass is 315 g/mol. The standard InChI is InChI=1S/C18H29N5/c1-2-22-10-12-23(13-11-22)9-8-19-18-15-4-3-5-16(15)20-17(21-18)14-6-7-14/h14H,2-13H2,1H3,(H,19,20,21). The fourth-order valence-corrected chi connectivity index (χ4v) is 3.78. The lowest BCUT2D eigenvalue weighted by atomic mass is 10.2. The minimum Gasteiger partial charge on any atom is -0.368 e. The summed E-state index contributed by atoms with van der Waals surface area (Å²) < 4.78 is 0. The normalized spacial score (nSPS) is 22.3. The SMILES string of the molecule is CCN1CCN(CCNc2nc(C3CC3)nc3c2CCC3)CC1. The highest BCUT2D eigenvalue weighted by Gasteiger charge is 2.29. The number of fused-ring (bicyclic) bond motifs is 1. The van der Waals surface area contributed by atoms with E-state index in [-0.39, 0.29) is 0 Å². The van der Waals surface area contributed by atoms with Crippen LogP contribution in [0.1, 0.15) is 49.2 Å². The summed E-state index contributed by atoms with van der Waals surface area (Å²) in [7, 11) is 0. The molecular formula is C18H29N5. The van der Waals surface area contributed by atoms with E-state index in [4.69, 9.17) is 9.97 Å². The number of anilines is 1. The summed E-state index contributed by atoms with van der Waals surface area (Å²) in [5, 5.41) is 3.63. The van der Waals surface area contributed by atoms with Crippen molar-refractivity contribution in [1.29, 1.82) is 0 Å². The van der Waals surface area contributed by atoms with E-state index in [0.29, 0.717) is 5.92 Å². The number of nitrogens with one attached hydrogen (secondary N) is 1. The average molecular weight is 315 g/mol. The van der Waals surface area contributed by atoms with Crippen molar-refractivity contribution in [3.8, 4) is 0 Å². The second-order valence-electron chi connectivity index (χ2n) is 7.19. The van der Waals surface area contributed by atoms with Gasteiger partial charge >= 0.3 is 0 Å². The molecule has 1 N–H and O–H groups in total. The molecule has 0 amide bonds. The number of hydrogen-bond acceptors (Lipinski definition) is 5. The number of rotatable bonds is 6. The van der Waals surface area contributed by atoms with E-state index in [1.165, 1.54) is 63.2 Å². The molecule has 2 aliphatic carbocycles. The molecule has 2 heterocycles. The zero-order chi connectivity index (χ0) is 15.6. The van der Waals surface area contributed by atoms with Crippen molar-refractivity contribution in [2.75, 3.05) is 51.1 Å². The van der Waals surface area contributed by atoms with Crippen molar-refractivity contribution < 1.29 is 0 Å². The van der Waals surface area contributed by atoms with Crippen LogP contribution in [0.4, 0.5) is 5.82 Å². The molecule has 5 nitrogen and oxygen atoms in total. The summed E-state index contributed by atoms with van der Waals surface area (Å²) in [6.07, 6.45) is 6.09. The van der Waals surface area contributed by atoms with Gasteiger partial charge in [0.2, 0.25) is 0 Å². The van der Waals surface area contributed by atoms with Gasteiger partial charge in [-0.05, 0) is 38.6 Å². The van der Waals surface area contributed by atoms with Gasteiger partial charge < -0.3 is 10.2 Å². The molecule has 0 aromatic carbocycles. The Morgan fingerprint density at radius 1 is 1.04 bits per heavy atom. The molecule has 0 radical (unpaired) electrons. The van der Waals surface area contributed by atoms with Gasteiger partial charge in [-0.3, -0.25) is 4.90 Å². The van der Waals surface area contributed by atoms with Crippen LogP contribution in [0.2, 0.25) is 0 Å².